The molecule has 0 aliphatic heterocycles. The zero-order valence-electron chi connectivity index (χ0n) is 16.7. The highest BCUT2D eigenvalue weighted by Crippen LogP contribution is 2.42. The van der Waals surface area contributed by atoms with Gasteiger partial charge in [-0.2, -0.15) is 0 Å². The van der Waals surface area contributed by atoms with Crippen LogP contribution in [0.2, 0.25) is 18.1 Å². The molecular weight excluding hydrogens is 314 g/mol. The highest BCUT2D eigenvalue weighted by molar-refractivity contribution is 6.74. The largest absolute Gasteiger partial charge is 0.399 e. The lowest BCUT2D eigenvalue weighted by molar-refractivity contribution is -0.137. The van der Waals surface area contributed by atoms with E-state index < -0.39 is 13.9 Å². The van der Waals surface area contributed by atoms with E-state index in [2.05, 4.69) is 53.0 Å². The molecule has 0 saturated carbocycles. The average Bonchev–Trinajstić information content (AvgIpc) is 2.46. The van der Waals surface area contributed by atoms with Crippen molar-refractivity contribution in [3.63, 3.8) is 0 Å². The van der Waals surface area contributed by atoms with Crippen LogP contribution in [0, 0.1) is 6.92 Å². The molecule has 0 aromatic heterocycles. The summed E-state index contributed by atoms with van der Waals surface area (Å²) in [4.78, 5) is 13.0. The van der Waals surface area contributed by atoms with E-state index in [0.717, 1.165) is 18.4 Å². The molecule has 0 aliphatic carbocycles. The van der Waals surface area contributed by atoms with Gasteiger partial charge in [-0.3, -0.25) is 4.79 Å². The first kappa shape index (κ1) is 20.9. The van der Waals surface area contributed by atoms with Gasteiger partial charge in [-0.25, -0.2) is 0 Å². The second kappa shape index (κ2) is 7.83. The lowest BCUT2D eigenvalue weighted by atomic mass is 9.94. The zero-order valence-corrected chi connectivity index (χ0v) is 17.7. The molecule has 1 atom stereocenters. The summed E-state index contributed by atoms with van der Waals surface area (Å²) in [6.45, 7) is 17.8. The van der Waals surface area contributed by atoms with Crippen molar-refractivity contribution in [1.82, 2.24) is 5.32 Å². The molecule has 0 spiro atoms. The van der Waals surface area contributed by atoms with Gasteiger partial charge in [-0.05, 0) is 44.0 Å². The average molecular weight is 350 g/mol. The summed E-state index contributed by atoms with van der Waals surface area (Å²) in [5, 5.41) is 3.11. The number of nitrogens with one attached hydrogen (secondary N) is 1. The molecule has 24 heavy (non-hydrogen) atoms. The Labute approximate surface area is 149 Å². The van der Waals surface area contributed by atoms with E-state index in [1.807, 2.05) is 31.2 Å². The number of rotatable bonds is 7. The molecule has 0 heterocycles. The van der Waals surface area contributed by atoms with Crippen LogP contribution < -0.4 is 5.32 Å². The monoisotopic (exact) mass is 349 g/mol. The quantitative estimate of drug-likeness (QED) is 0.546. The molecule has 0 aliphatic rings. The summed E-state index contributed by atoms with van der Waals surface area (Å²) in [5.74, 6) is -0.0374. The Morgan fingerprint density at radius 1 is 1.12 bits per heavy atom. The van der Waals surface area contributed by atoms with Crippen LogP contribution in [0.15, 0.2) is 24.3 Å². The number of unbranched alkanes of at least 4 members (excludes halogenated alkanes) is 1. The highest BCUT2D eigenvalue weighted by Gasteiger charge is 2.47. The fourth-order valence-electron chi connectivity index (χ4n) is 2.32. The summed E-state index contributed by atoms with van der Waals surface area (Å²) in [6.07, 6.45) is 2.04. The summed E-state index contributed by atoms with van der Waals surface area (Å²) in [6, 6.07) is 8.12. The van der Waals surface area contributed by atoms with E-state index >= 15 is 0 Å². The second-order valence-corrected chi connectivity index (χ2v) is 13.1. The summed E-state index contributed by atoms with van der Waals surface area (Å²) in [7, 11) is -2.11. The van der Waals surface area contributed by atoms with Crippen molar-refractivity contribution in [2.75, 3.05) is 6.54 Å². The Hall–Kier alpha value is -1.13. The van der Waals surface area contributed by atoms with Gasteiger partial charge in [0.05, 0.1) is 0 Å². The van der Waals surface area contributed by atoms with Crippen LogP contribution in [0.1, 0.15) is 58.6 Å². The lowest BCUT2D eigenvalue weighted by Crippen LogP contribution is -2.53. The minimum atomic E-state index is -2.11. The normalized spacial score (nSPS) is 15.0. The van der Waals surface area contributed by atoms with E-state index in [4.69, 9.17) is 4.43 Å². The van der Waals surface area contributed by atoms with Crippen LogP contribution >= 0.6 is 0 Å². The molecule has 3 nitrogen and oxygen atoms in total. The maximum absolute atomic E-state index is 13.0. The fourth-order valence-corrected chi connectivity index (χ4v) is 3.86. The minimum Gasteiger partial charge on any atom is -0.399 e. The van der Waals surface area contributed by atoms with Crippen LogP contribution in [-0.4, -0.2) is 20.8 Å². The third-order valence-electron chi connectivity index (χ3n) is 5.12. The molecule has 1 aromatic rings. The third-order valence-corrected chi connectivity index (χ3v) is 9.65. The van der Waals surface area contributed by atoms with Gasteiger partial charge in [-0.15, -0.1) is 0 Å². The Morgan fingerprint density at radius 2 is 1.67 bits per heavy atom. The first-order valence-electron chi connectivity index (χ1n) is 8.99. The Morgan fingerprint density at radius 3 is 2.12 bits per heavy atom. The van der Waals surface area contributed by atoms with Crippen molar-refractivity contribution in [2.24, 2.45) is 0 Å². The van der Waals surface area contributed by atoms with E-state index in [1.54, 1.807) is 0 Å². The lowest BCUT2D eigenvalue weighted by Gasteiger charge is -2.43. The van der Waals surface area contributed by atoms with Crippen molar-refractivity contribution in [2.45, 2.75) is 78.1 Å². The van der Waals surface area contributed by atoms with E-state index in [9.17, 15) is 4.79 Å². The minimum absolute atomic E-state index is 0.0374. The Balaban J connectivity index is 3.20. The van der Waals surface area contributed by atoms with Crippen molar-refractivity contribution in [3.05, 3.63) is 35.4 Å². The van der Waals surface area contributed by atoms with Gasteiger partial charge in [0, 0.05) is 6.54 Å². The first-order valence-corrected chi connectivity index (χ1v) is 11.9. The number of hydrogen-bond acceptors (Lipinski definition) is 2. The summed E-state index contributed by atoms with van der Waals surface area (Å²) < 4.78 is 6.64. The zero-order chi connectivity index (χ0) is 18.6. The van der Waals surface area contributed by atoms with Crippen molar-refractivity contribution < 1.29 is 9.22 Å². The van der Waals surface area contributed by atoms with E-state index in [0.29, 0.717) is 6.54 Å². The second-order valence-electron chi connectivity index (χ2n) is 8.37. The van der Waals surface area contributed by atoms with Crippen LogP contribution in [0.3, 0.4) is 0 Å². The van der Waals surface area contributed by atoms with Crippen LogP contribution in [0.5, 0.6) is 0 Å². The molecular formula is C20H35NO2Si. The van der Waals surface area contributed by atoms with Crippen LogP contribution in [0.4, 0.5) is 0 Å². The van der Waals surface area contributed by atoms with E-state index in [1.165, 1.54) is 5.56 Å². The predicted octanol–water partition coefficient (Wildman–Crippen LogP) is 5.15. The van der Waals surface area contributed by atoms with Gasteiger partial charge in [0.1, 0.15) is 0 Å². The molecule has 1 amide bonds. The SMILES string of the molecule is CCCCNC(=O)C(C)(O[Si](C)(C)C(C)(C)C)c1ccc(C)cc1. The number of aryl methyl sites for hydroxylation is 1. The molecule has 0 bridgehead atoms. The number of carbonyl (C=O) groups is 1. The van der Waals surface area contributed by atoms with E-state index in [-0.39, 0.29) is 10.9 Å². The maximum atomic E-state index is 13.0. The standard InChI is InChI=1S/C20H35NO2Si/c1-9-10-15-21-18(22)20(6,17-13-11-16(2)12-14-17)23-24(7,8)19(3,4)5/h11-14H,9-10,15H2,1-8H3,(H,21,22). The van der Waals surface area contributed by atoms with Crippen molar-refractivity contribution in [3.8, 4) is 0 Å². The van der Waals surface area contributed by atoms with Gasteiger partial charge < -0.3 is 9.74 Å². The smallest absolute Gasteiger partial charge is 0.255 e. The van der Waals surface area contributed by atoms with Gasteiger partial charge >= 0.3 is 0 Å². The van der Waals surface area contributed by atoms with Crippen molar-refractivity contribution >= 4 is 14.2 Å². The molecule has 1 rings (SSSR count). The molecule has 4 heteroatoms. The topological polar surface area (TPSA) is 38.3 Å². The molecule has 1 unspecified atom stereocenters. The Kier molecular flexibility index (Phi) is 6.82. The summed E-state index contributed by atoms with van der Waals surface area (Å²) in [5.41, 5.74) is 1.15. The molecule has 0 saturated heterocycles. The van der Waals surface area contributed by atoms with Crippen LogP contribution in [0.25, 0.3) is 0 Å². The number of benzene rings is 1. The third kappa shape index (κ3) is 4.93. The van der Waals surface area contributed by atoms with Gasteiger partial charge in [0.15, 0.2) is 13.9 Å². The molecule has 1 aromatic carbocycles. The highest BCUT2D eigenvalue weighted by atomic mass is 28.4. The number of carbonyl (C=O) groups excluding carboxylic acids is 1. The van der Waals surface area contributed by atoms with Gasteiger partial charge in [-0.1, -0.05) is 63.9 Å². The van der Waals surface area contributed by atoms with Gasteiger partial charge in [0.25, 0.3) is 5.91 Å². The molecule has 0 radical (unpaired) electrons. The Bertz CT molecular complexity index is 546. The number of hydrogen-bond donors (Lipinski definition) is 1. The first-order chi connectivity index (χ1) is 10.9. The number of amides is 1. The van der Waals surface area contributed by atoms with Crippen molar-refractivity contribution in [1.29, 1.82) is 0 Å². The molecule has 1 N–H and O–H groups in total. The molecule has 0 fully saturated rings. The maximum Gasteiger partial charge on any atom is 0.255 e. The fraction of sp³-hybridized carbons (Fsp3) is 0.650. The summed E-state index contributed by atoms with van der Waals surface area (Å²) >= 11 is 0. The predicted molar refractivity (Wildman–Crippen MR) is 105 cm³/mol. The molecule has 136 valence electrons. The van der Waals surface area contributed by atoms with Crippen LogP contribution in [-0.2, 0) is 14.8 Å². The van der Waals surface area contributed by atoms with Gasteiger partial charge in [0.2, 0.25) is 0 Å².